The number of anilines is 1. The van der Waals surface area contributed by atoms with Crippen molar-refractivity contribution in [1.29, 1.82) is 0 Å². The van der Waals surface area contributed by atoms with Crippen molar-refractivity contribution in [2.45, 2.75) is 17.9 Å². The molecular weight excluding hydrogens is 426 g/mol. The fraction of sp³-hybridized carbons (Fsp3) is 0.143. The fourth-order valence-electron chi connectivity index (χ4n) is 2.62. The molecule has 3 N–H and O–H groups in total. The number of rotatable bonds is 7. The second-order valence-corrected chi connectivity index (χ2v) is 8.76. The van der Waals surface area contributed by atoms with Gasteiger partial charge in [0.25, 0.3) is 5.91 Å². The van der Waals surface area contributed by atoms with E-state index in [4.69, 9.17) is 11.6 Å². The molecule has 0 aliphatic carbocycles. The summed E-state index contributed by atoms with van der Waals surface area (Å²) >= 11 is 6.26. The highest BCUT2D eigenvalue weighted by Crippen LogP contribution is 2.29. The van der Waals surface area contributed by atoms with Crippen LogP contribution in [0.4, 0.5) is 5.69 Å². The molecule has 0 aliphatic rings. The number of sulfonamides is 1. The van der Waals surface area contributed by atoms with E-state index in [1.165, 1.54) is 31.2 Å². The lowest BCUT2D eigenvalue weighted by Gasteiger charge is -2.10. The molecule has 1 atom stereocenters. The Morgan fingerprint density at radius 1 is 1.13 bits per heavy atom. The van der Waals surface area contributed by atoms with Crippen LogP contribution in [0, 0.1) is 0 Å². The summed E-state index contributed by atoms with van der Waals surface area (Å²) in [4.78, 5) is 16.8. The molecule has 156 valence electrons. The number of aromatic nitrogens is 1. The van der Waals surface area contributed by atoms with Crippen LogP contribution in [0.1, 0.15) is 17.3 Å². The molecule has 1 aromatic heterocycles. The van der Waals surface area contributed by atoms with Crippen molar-refractivity contribution in [2.24, 2.45) is 0 Å². The number of nitrogens with zero attached hydrogens (tertiary/aromatic N) is 1. The standard InChI is InChI=1S/C21H20ClN3O4S/c1-14(26)13-24-30(28,29)17-8-5-15(6-9-17)21(27)25-16-7-10-19(22)18(12-16)20-4-2-3-11-23-20/h2-12,14,24,26H,13H2,1H3,(H,25,27)/t14-/m0/s1. The topological polar surface area (TPSA) is 108 Å². The molecule has 0 fully saturated rings. The van der Waals surface area contributed by atoms with Crippen molar-refractivity contribution in [3.05, 3.63) is 77.4 Å². The predicted octanol–water partition coefficient (Wildman–Crippen LogP) is 3.31. The van der Waals surface area contributed by atoms with Crippen molar-refractivity contribution >= 4 is 33.2 Å². The van der Waals surface area contributed by atoms with E-state index in [2.05, 4.69) is 15.0 Å². The number of carbonyl (C=O) groups is 1. The number of aliphatic hydroxyl groups excluding tert-OH is 1. The first kappa shape index (κ1) is 21.9. The van der Waals surface area contributed by atoms with Gasteiger partial charge in [-0.1, -0.05) is 17.7 Å². The van der Waals surface area contributed by atoms with Gasteiger partial charge in [0.15, 0.2) is 0 Å². The van der Waals surface area contributed by atoms with E-state index in [0.717, 1.165) is 0 Å². The lowest BCUT2D eigenvalue weighted by atomic mass is 10.1. The Bertz CT molecular complexity index is 1130. The molecule has 0 radical (unpaired) electrons. The SMILES string of the molecule is C[C@H](O)CNS(=O)(=O)c1ccc(C(=O)Nc2ccc(Cl)c(-c3ccccn3)c2)cc1. The highest BCUT2D eigenvalue weighted by atomic mass is 35.5. The van der Waals surface area contributed by atoms with Crippen molar-refractivity contribution in [3.63, 3.8) is 0 Å². The van der Waals surface area contributed by atoms with Crippen LogP contribution in [0.25, 0.3) is 11.3 Å². The first-order chi connectivity index (χ1) is 14.3. The number of halogens is 1. The van der Waals surface area contributed by atoms with Gasteiger partial charge in [0.05, 0.1) is 21.7 Å². The third-order valence-corrected chi connectivity index (χ3v) is 5.93. The van der Waals surface area contributed by atoms with E-state index >= 15 is 0 Å². The van der Waals surface area contributed by atoms with Crippen LogP contribution < -0.4 is 10.0 Å². The van der Waals surface area contributed by atoms with E-state index in [1.807, 2.05) is 12.1 Å². The van der Waals surface area contributed by atoms with Crippen LogP contribution in [-0.2, 0) is 10.0 Å². The average Bonchev–Trinajstić information content (AvgIpc) is 2.74. The summed E-state index contributed by atoms with van der Waals surface area (Å²) in [5.41, 5.74) is 2.18. The van der Waals surface area contributed by atoms with Gasteiger partial charge in [0, 0.05) is 29.6 Å². The number of benzene rings is 2. The monoisotopic (exact) mass is 445 g/mol. The third kappa shape index (κ3) is 5.43. The smallest absolute Gasteiger partial charge is 0.255 e. The molecule has 0 unspecified atom stereocenters. The van der Waals surface area contributed by atoms with Gasteiger partial charge in [-0.05, 0) is 61.5 Å². The second kappa shape index (κ2) is 9.36. The average molecular weight is 446 g/mol. The quantitative estimate of drug-likeness (QED) is 0.517. The third-order valence-electron chi connectivity index (χ3n) is 4.16. The Morgan fingerprint density at radius 2 is 1.87 bits per heavy atom. The maximum Gasteiger partial charge on any atom is 0.255 e. The van der Waals surface area contributed by atoms with Crippen molar-refractivity contribution in [3.8, 4) is 11.3 Å². The minimum absolute atomic E-state index is 0.00336. The van der Waals surface area contributed by atoms with Gasteiger partial charge in [0.1, 0.15) is 0 Å². The van der Waals surface area contributed by atoms with Crippen molar-refractivity contribution in [2.75, 3.05) is 11.9 Å². The van der Waals surface area contributed by atoms with Crippen LogP contribution in [0.3, 0.4) is 0 Å². The number of carbonyl (C=O) groups excluding carboxylic acids is 1. The maximum atomic E-state index is 12.6. The minimum Gasteiger partial charge on any atom is -0.392 e. The van der Waals surface area contributed by atoms with Crippen LogP contribution in [-0.4, -0.2) is 37.1 Å². The second-order valence-electron chi connectivity index (χ2n) is 6.59. The molecule has 0 aliphatic heterocycles. The highest BCUT2D eigenvalue weighted by molar-refractivity contribution is 7.89. The number of nitrogens with one attached hydrogen (secondary N) is 2. The van der Waals surface area contributed by atoms with Gasteiger partial charge in [0.2, 0.25) is 10.0 Å². The summed E-state index contributed by atoms with van der Waals surface area (Å²) in [5, 5.41) is 12.5. The highest BCUT2D eigenvalue weighted by Gasteiger charge is 2.16. The number of hydrogen-bond donors (Lipinski definition) is 3. The number of pyridine rings is 1. The molecule has 3 rings (SSSR count). The van der Waals surface area contributed by atoms with Gasteiger partial charge in [-0.25, -0.2) is 13.1 Å². The van der Waals surface area contributed by atoms with Crippen molar-refractivity contribution in [1.82, 2.24) is 9.71 Å². The molecule has 9 heteroatoms. The van der Waals surface area contributed by atoms with E-state index in [0.29, 0.717) is 27.5 Å². The van der Waals surface area contributed by atoms with E-state index in [1.54, 1.807) is 30.5 Å². The summed E-state index contributed by atoms with van der Waals surface area (Å²) in [7, 11) is -3.76. The zero-order chi connectivity index (χ0) is 21.7. The zero-order valence-electron chi connectivity index (χ0n) is 16.0. The van der Waals surface area contributed by atoms with E-state index < -0.39 is 22.0 Å². The van der Waals surface area contributed by atoms with E-state index in [-0.39, 0.29) is 11.4 Å². The molecule has 0 bridgehead atoms. The Labute approximate surface area is 179 Å². The molecule has 1 amide bonds. The Morgan fingerprint density at radius 3 is 2.50 bits per heavy atom. The molecule has 0 saturated heterocycles. The van der Waals surface area contributed by atoms with Gasteiger partial charge < -0.3 is 10.4 Å². The zero-order valence-corrected chi connectivity index (χ0v) is 17.6. The summed E-state index contributed by atoms with van der Waals surface area (Å²) < 4.78 is 26.6. The fourth-order valence-corrected chi connectivity index (χ4v) is 3.96. The maximum absolute atomic E-state index is 12.6. The molecule has 0 spiro atoms. The molecular formula is C21H20ClN3O4S. The summed E-state index contributed by atoms with van der Waals surface area (Å²) in [6.45, 7) is 1.38. The van der Waals surface area contributed by atoms with Gasteiger partial charge in [-0.3, -0.25) is 9.78 Å². The predicted molar refractivity (Wildman–Crippen MR) is 116 cm³/mol. The first-order valence-electron chi connectivity index (χ1n) is 9.06. The van der Waals surface area contributed by atoms with Crippen LogP contribution >= 0.6 is 11.6 Å². The number of aliphatic hydroxyl groups is 1. The Kier molecular flexibility index (Phi) is 6.84. The molecule has 1 heterocycles. The van der Waals surface area contributed by atoms with Crippen LogP contribution in [0.5, 0.6) is 0 Å². The van der Waals surface area contributed by atoms with Gasteiger partial charge in [-0.15, -0.1) is 0 Å². The summed E-state index contributed by atoms with van der Waals surface area (Å²) in [6.07, 6.45) is 0.850. The minimum atomic E-state index is -3.76. The molecule has 0 saturated carbocycles. The van der Waals surface area contributed by atoms with E-state index in [9.17, 15) is 18.3 Å². The summed E-state index contributed by atoms with van der Waals surface area (Å²) in [6, 6.07) is 16.0. The largest absolute Gasteiger partial charge is 0.392 e. The number of amides is 1. The summed E-state index contributed by atoms with van der Waals surface area (Å²) in [5.74, 6) is -0.398. The molecule has 2 aromatic carbocycles. The Hall–Kier alpha value is -2.78. The number of hydrogen-bond acceptors (Lipinski definition) is 5. The molecule has 7 nitrogen and oxygen atoms in total. The van der Waals surface area contributed by atoms with Crippen LogP contribution in [0.15, 0.2) is 71.8 Å². The Balaban J connectivity index is 1.75. The first-order valence-corrected chi connectivity index (χ1v) is 10.9. The normalized spacial score (nSPS) is 12.4. The van der Waals surface area contributed by atoms with Gasteiger partial charge >= 0.3 is 0 Å². The molecule has 30 heavy (non-hydrogen) atoms. The van der Waals surface area contributed by atoms with Gasteiger partial charge in [-0.2, -0.15) is 0 Å². The lowest BCUT2D eigenvalue weighted by molar-refractivity contribution is 0.102. The van der Waals surface area contributed by atoms with Crippen molar-refractivity contribution < 1.29 is 18.3 Å². The molecule has 3 aromatic rings. The van der Waals surface area contributed by atoms with Crippen LogP contribution in [0.2, 0.25) is 5.02 Å². The lowest BCUT2D eigenvalue weighted by Crippen LogP contribution is -2.30.